The number of benzene rings is 2. The van der Waals surface area contributed by atoms with E-state index >= 15 is 0 Å². The normalized spacial score (nSPS) is 11.0. The monoisotopic (exact) mass is 337 g/mol. The summed E-state index contributed by atoms with van der Waals surface area (Å²) in [6.07, 6.45) is 4.04. The third-order valence-corrected chi connectivity index (χ3v) is 4.51. The fourth-order valence-corrected chi connectivity index (χ4v) is 3.06. The lowest BCUT2D eigenvalue weighted by atomic mass is 10.1. The molecule has 24 heavy (non-hydrogen) atoms. The van der Waals surface area contributed by atoms with Crippen molar-refractivity contribution in [3.05, 3.63) is 64.0 Å². The quantitative estimate of drug-likeness (QED) is 0.632. The Hall–Kier alpha value is -2.59. The highest BCUT2D eigenvalue weighted by Gasteiger charge is 2.04. The Labute approximate surface area is 146 Å². The number of methoxy groups -OCH3 is 2. The number of hydrogen-bond acceptors (Lipinski definition) is 4. The lowest BCUT2D eigenvalue weighted by Crippen LogP contribution is -1.90. The van der Waals surface area contributed by atoms with Crippen molar-refractivity contribution >= 4 is 23.5 Å². The Morgan fingerprint density at radius 3 is 2.38 bits per heavy atom. The summed E-state index contributed by atoms with van der Waals surface area (Å²) in [7, 11) is 3.27. The van der Waals surface area contributed by atoms with E-state index in [1.165, 1.54) is 5.56 Å². The molecule has 0 unspecified atom stereocenters. The van der Waals surface area contributed by atoms with E-state index in [-0.39, 0.29) is 0 Å². The van der Waals surface area contributed by atoms with Crippen molar-refractivity contribution in [1.82, 2.24) is 4.98 Å². The van der Waals surface area contributed by atoms with Gasteiger partial charge in [0.25, 0.3) is 0 Å². The summed E-state index contributed by atoms with van der Waals surface area (Å²) in [6.45, 7) is 2.09. The average molecular weight is 337 g/mol. The number of aryl methyl sites for hydroxylation is 1. The molecule has 0 spiro atoms. The van der Waals surface area contributed by atoms with Crippen molar-refractivity contribution in [2.45, 2.75) is 6.92 Å². The molecule has 0 aliphatic carbocycles. The molecule has 2 aromatic carbocycles. The van der Waals surface area contributed by atoms with Crippen LogP contribution in [0.25, 0.3) is 23.4 Å². The second-order valence-corrected chi connectivity index (χ2v) is 6.27. The Bertz CT molecular complexity index is 850. The van der Waals surface area contributed by atoms with Crippen molar-refractivity contribution in [3.8, 4) is 22.8 Å². The summed E-state index contributed by atoms with van der Waals surface area (Å²) in [5, 5.41) is 3.05. The van der Waals surface area contributed by atoms with Crippen LogP contribution in [0, 0.1) is 6.92 Å². The zero-order valence-corrected chi connectivity index (χ0v) is 14.8. The third kappa shape index (κ3) is 3.66. The number of thiazole rings is 1. The predicted octanol–water partition coefficient (Wildman–Crippen LogP) is 5.31. The highest BCUT2D eigenvalue weighted by Crippen LogP contribution is 2.29. The van der Waals surface area contributed by atoms with Crippen LogP contribution in [0.3, 0.4) is 0 Å². The van der Waals surface area contributed by atoms with Crippen LogP contribution in [0.1, 0.15) is 16.1 Å². The van der Waals surface area contributed by atoms with Crippen LogP contribution in [0.5, 0.6) is 11.5 Å². The first kappa shape index (κ1) is 16.3. The summed E-state index contributed by atoms with van der Waals surface area (Å²) >= 11 is 1.63. The summed E-state index contributed by atoms with van der Waals surface area (Å²) in [6, 6.07) is 14.3. The van der Waals surface area contributed by atoms with E-state index in [4.69, 9.17) is 9.47 Å². The minimum atomic E-state index is 0.721. The van der Waals surface area contributed by atoms with Gasteiger partial charge in [-0.15, -0.1) is 11.3 Å². The fourth-order valence-electron chi connectivity index (χ4n) is 2.35. The summed E-state index contributed by atoms with van der Waals surface area (Å²) in [5.74, 6) is 1.45. The Kier molecular flexibility index (Phi) is 4.96. The smallest absolute Gasteiger partial charge is 0.161 e. The molecule has 0 amide bonds. The highest BCUT2D eigenvalue weighted by atomic mass is 32.1. The van der Waals surface area contributed by atoms with Crippen LogP contribution in [-0.2, 0) is 0 Å². The first-order chi connectivity index (χ1) is 11.7. The molecule has 0 saturated heterocycles. The summed E-state index contributed by atoms with van der Waals surface area (Å²) in [5.41, 5.74) is 4.44. The summed E-state index contributed by atoms with van der Waals surface area (Å²) in [4.78, 5) is 4.68. The van der Waals surface area contributed by atoms with Gasteiger partial charge >= 0.3 is 0 Å². The number of ether oxygens (including phenoxy) is 2. The van der Waals surface area contributed by atoms with Gasteiger partial charge in [0.15, 0.2) is 11.5 Å². The third-order valence-electron chi connectivity index (χ3n) is 3.70. The van der Waals surface area contributed by atoms with Crippen LogP contribution in [0.4, 0.5) is 0 Å². The number of hydrogen-bond donors (Lipinski definition) is 0. The topological polar surface area (TPSA) is 31.4 Å². The van der Waals surface area contributed by atoms with E-state index in [0.717, 1.165) is 33.3 Å². The van der Waals surface area contributed by atoms with Crippen molar-refractivity contribution < 1.29 is 9.47 Å². The second-order valence-electron chi connectivity index (χ2n) is 5.38. The Balaban J connectivity index is 1.79. The van der Waals surface area contributed by atoms with Gasteiger partial charge in [0.1, 0.15) is 5.01 Å². The lowest BCUT2D eigenvalue weighted by molar-refractivity contribution is 0.355. The first-order valence-corrected chi connectivity index (χ1v) is 8.50. The Morgan fingerprint density at radius 2 is 1.67 bits per heavy atom. The number of rotatable bonds is 5. The van der Waals surface area contributed by atoms with Crippen molar-refractivity contribution in [2.75, 3.05) is 14.2 Å². The molecular formula is C20H19NO2S. The van der Waals surface area contributed by atoms with Gasteiger partial charge in [0.05, 0.1) is 19.9 Å². The molecule has 0 atom stereocenters. The Morgan fingerprint density at radius 1 is 0.917 bits per heavy atom. The maximum Gasteiger partial charge on any atom is 0.161 e. The minimum Gasteiger partial charge on any atom is -0.493 e. The molecule has 0 radical (unpaired) electrons. The standard InChI is InChI=1S/C20H19NO2S/c1-14-4-8-16(9-5-14)17-13-24-20(21-17)11-7-15-6-10-18(22-2)19(12-15)23-3/h4-13H,1-3H3. The zero-order chi connectivity index (χ0) is 16.9. The molecule has 1 aromatic heterocycles. The summed E-state index contributed by atoms with van der Waals surface area (Å²) < 4.78 is 10.6. The molecule has 3 aromatic rings. The predicted molar refractivity (Wildman–Crippen MR) is 101 cm³/mol. The maximum absolute atomic E-state index is 5.33. The second kappa shape index (κ2) is 7.32. The van der Waals surface area contributed by atoms with E-state index in [9.17, 15) is 0 Å². The van der Waals surface area contributed by atoms with Gasteiger partial charge < -0.3 is 9.47 Å². The van der Waals surface area contributed by atoms with Gasteiger partial charge in [-0.3, -0.25) is 0 Å². The molecule has 0 N–H and O–H groups in total. The van der Waals surface area contributed by atoms with E-state index in [2.05, 4.69) is 41.6 Å². The van der Waals surface area contributed by atoms with E-state index in [1.807, 2.05) is 30.4 Å². The number of nitrogens with zero attached hydrogens (tertiary/aromatic N) is 1. The molecule has 0 aliphatic heterocycles. The molecule has 0 aliphatic rings. The van der Waals surface area contributed by atoms with E-state index < -0.39 is 0 Å². The SMILES string of the molecule is COc1ccc(C=Cc2nc(-c3ccc(C)cc3)cs2)cc1OC. The van der Waals surface area contributed by atoms with Crippen molar-refractivity contribution in [1.29, 1.82) is 0 Å². The van der Waals surface area contributed by atoms with Crippen LogP contribution >= 0.6 is 11.3 Å². The fraction of sp³-hybridized carbons (Fsp3) is 0.150. The maximum atomic E-state index is 5.33. The van der Waals surface area contributed by atoms with Gasteiger partial charge in [-0.2, -0.15) is 0 Å². The lowest BCUT2D eigenvalue weighted by Gasteiger charge is -2.07. The highest BCUT2D eigenvalue weighted by molar-refractivity contribution is 7.10. The van der Waals surface area contributed by atoms with Gasteiger partial charge in [-0.25, -0.2) is 4.98 Å². The van der Waals surface area contributed by atoms with Crippen LogP contribution in [0.2, 0.25) is 0 Å². The first-order valence-electron chi connectivity index (χ1n) is 7.62. The van der Waals surface area contributed by atoms with Crippen molar-refractivity contribution in [2.24, 2.45) is 0 Å². The van der Waals surface area contributed by atoms with Crippen molar-refractivity contribution in [3.63, 3.8) is 0 Å². The number of aromatic nitrogens is 1. The molecule has 1 heterocycles. The van der Waals surface area contributed by atoms with Gasteiger partial charge in [0.2, 0.25) is 0 Å². The molecule has 122 valence electrons. The van der Waals surface area contributed by atoms with Crippen LogP contribution < -0.4 is 9.47 Å². The van der Waals surface area contributed by atoms with E-state index in [1.54, 1.807) is 25.6 Å². The van der Waals surface area contributed by atoms with Gasteiger partial charge in [0, 0.05) is 10.9 Å². The molecular weight excluding hydrogens is 318 g/mol. The molecule has 0 bridgehead atoms. The van der Waals surface area contributed by atoms with Gasteiger partial charge in [-0.1, -0.05) is 42.0 Å². The minimum absolute atomic E-state index is 0.721. The van der Waals surface area contributed by atoms with Gasteiger partial charge in [-0.05, 0) is 30.7 Å². The molecule has 3 rings (SSSR count). The van der Waals surface area contributed by atoms with Crippen LogP contribution in [0.15, 0.2) is 47.8 Å². The molecule has 0 fully saturated rings. The largest absolute Gasteiger partial charge is 0.493 e. The molecule has 3 nitrogen and oxygen atoms in total. The molecule has 0 saturated carbocycles. The average Bonchev–Trinajstić information content (AvgIpc) is 3.09. The molecule has 4 heteroatoms. The van der Waals surface area contributed by atoms with E-state index in [0.29, 0.717) is 0 Å². The van der Waals surface area contributed by atoms with Crippen LogP contribution in [-0.4, -0.2) is 19.2 Å². The zero-order valence-electron chi connectivity index (χ0n) is 13.9.